The van der Waals surface area contributed by atoms with Gasteiger partial charge in [0.05, 0.1) is 18.4 Å². The van der Waals surface area contributed by atoms with Crippen molar-refractivity contribution in [3.63, 3.8) is 0 Å². The highest BCUT2D eigenvalue weighted by Crippen LogP contribution is 2.20. The molecule has 0 spiro atoms. The first-order valence-electron chi connectivity index (χ1n) is 6.38. The third kappa shape index (κ3) is 3.82. The summed E-state index contributed by atoms with van der Waals surface area (Å²) in [7, 11) is 1.30. The lowest BCUT2D eigenvalue weighted by atomic mass is 10.1. The van der Waals surface area contributed by atoms with Crippen molar-refractivity contribution in [2.45, 2.75) is 13.5 Å². The number of anilines is 1. The van der Waals surface area contributed by atoms with Gasteiger partial charge in [0.25, 0.3) is 0 Å². The highest BCUT2D eigenvalue weighted by Gasteiger charge is 2.09. The van der Waals surface area contributed by atoms with Crippen LogP contribution < -0.4 is 5.32 Å². The first-order chi connectivity index (χ1) is 10.0. The van der Waals surface area contributed by atoms with Gasteiger partial charge in [0.2, 0.25) is 0 Å². The average molecular weight is 352 g/mol. The van der Waals surface area contributed by atoms with Crippen LogP contribution >= 0.6 is 15.9 Å². The molecular weight excluding hydrogens is 337 g/mol. The Kier molecular flexibility index (Phi) is 4.96. The zero-order chi connectivity index (χ0) is 15.4. The Balaban J connectivity index is 2.15. The molecule has 0 amide bonds. The Morgan fingerprint density at radius 3 is 2.71 bits per heavy atom. The number of carbonyl (C=O) groups excluding carboxylic acids is 1. The number of carbonyl (C=O) groups is 1. The number of methoxy groups -OCH3 is 1. The molecule has 0 bridgehead atoms. The van der Waals surface area contributed by atoms with Crippen LogP contribution in [0.2, 0.25) is 0 Å². The van der Waals surface area contributed by atoms with E-state index in [0.29, 0.717) is 12.1 Å². The molecule has 2 rings (SSSR count). The van der Waals surface area contributed by atoms with E-state index >= 15 is 0 Å². The van der Waals surface area contributed by atoms with Crippen molar-refractivity contribution in [1.82, 2.24) is 0 Å². The number of esters is 1. The summed E-state index contributed by atoms with van der Waals surface area (Å²) < 4.78 is 19.4. The largest absolute Gasteiger partial charge is 0.465 e. The van der Waals surface area contributed by atoms with Gasteiger partial charge in [0.15, 0.2) is 0 Å². The zero-order valence-electron chi connectivity index (χ0n) is 11.7. The molecule has 1 N–H and O–H groups in total. The average Bonchev–Trinajstić information content (AvgIpc) is 2.49. The molecule has 0 atom stereocenters. The Bertz CT molecular complexity index is 673. The molecule has 0 radical (unpaired) electrons. The van der Waals surface area contributed by atoms with Crippen molar-refractivity contribution in [3.05, 3.63) is 63.4 Å². The smallest absolute Gasteiger partial charge is 0.337 e. The minimum Gasteiger partial charge on any atom is -0.465 e. The first kappa shape index (κ1) is 15.5. The van der Waals surface area contributed by atoms with E-state index in [2.05, 4.69) is 26.0 Å². The molecule has 21 heavy (non-hydrogen) atoms. The standard InChI is InChI=1S/C16H15BrFNO2/c1-10-7-11(3-5-13(10)17)9-19-15-8-12(16(20)21-2)4-6-14(15)18/h3-8,19H,9H2,1-2H3. The van der Waals surface area contributed by atoms with Gasteiger partial charge in [0.1, 0.15) is 5.82 Å². The minimum absolute atomic E-state index is 0.276. The van der Waals surface area contributed by atoms with Crippen LogP contribution in [0.1, 0.15) is 21.5 Å². The van der Waals surface area contributed by atoms with Crippen molar-refractivity contribution in [1.29, 1.82) is 0 Å². The summed E-state index contributed by atoms with van der Waals surface area (Å²) in [4.78, 5) is 11.5. The van der Waals surface area contributed by atoms with Crippen LogP contribution in [0.4, 0.5) is 10.1 Å². The van der Waals surface area contributed by atoms with Gasteiger partial charge >= 0.3 is 5.97 Å². The van der Waals surface area contributed by atoms with Gasteiger partial charge in [-0.25, -0.2) is 9.18 Å². The molecule has 0 aliphatic rings. The maximum absolute atomic E-state index is 13.8. The Morgan fingerprint density at radius 2 is 2.05 bits per heavy atom. The van der Waals surface area contributed by atoms with Crippen LogP contribution in [0.5, 0.6) is 0 Å². The molecule has 110 valence electrons. The van der Waals surface area contributed by atoms with E-state index < -0.39 is 11.8 Å². The number of hydrogen-bond acceptors (Lipinski definition) is 3. The molecule has 0 saturated heterocycles. The lowest BCUT2D eigenvalue weighted by molar-refractivity contribution is 0.0600. The van der Waals surface area contributed by atoms with Gasteiger partial charge in [-0.3, -0.25) is 0 Å². The van der Waals surface area contributed by atoms with Crippen LogP contribution in [0.25, 0.3) is 0 Å². The van der Waals surface area contributed by atoms with E-state index in [1.165, 1.54) is 25.3 Å². The number of ether oxygens (including phenoxy) is 1. The Hall–Kier alpha value is -1.88. The second-order valence-electron chi connectivity index (χ2n) is 4.62. The normalized spacial score (nSPS) is 10.3. The zero-order valence-corrected chi connectivity index (χ0v) is 13.3. The van der Waals surface area contributed by atoms with Gasteiger partial charge in [-0.1, -0.05) is 28.1 Å². The van der Waals surface area contributed by atoms with Crippen molar-refractivity contribution in [2.24, 2.45) is 0 Å². The van der Waals surface area contributed by atoms with Crippen molar-refractivity contribution in [3.8, 4) is 0 Å². The molecule has 0 aliphatic carbocycles. The fourth-order valence-corrected chi connectivity index (χ4v) is 2.17. The van der Waals surface area contributed by atoms with Crippen LogP contribution in [-0.4, -0.2) is 13.1 Å². The summed E-state index contributed by atoms with van der Waals surface area (Å²) in [6.45, 7) is 2.46. The van der Waals surface area contributed by atoms with E-state index in [4.69, 9.17) is 0 Å². The van der Waals surface area contributed by atoms with Crippen LogP contribution in [0.15, 0.2) is 40.9 Å². The molecule has 3 nitrogen and oxygen atoms in total. The number of hydrogen-bond donors (Lipinski definition) is 1. The number of rotatable bonds is 4. The van der Waals surface area contributed by atoms with Gasteiger partial charge in [-0.05, 0) is 42.3 Å². The summed E-state index contributed by atoms with van der Waals surface area (Å²) in [6.07, 6.45) is 0. The predicted molar refractivity (Wildman–Crippen MR) is 83.9 cm³/mol. The second kappa shape index (κ2) is 6.72. The van der Waals surface area contributed by atoms with Crippen molar-refractivity contribution < 1.29 is 13.9 Å². The van der Waals surface area contributed by atoms with Crippen molar-refractivity contribution in [2.75, 3.05) is 12.4 Å². The Morgan fingerprint density at radius 1 is 1.29 bits per heavy atom. The van der Waals surface area contributed by atoms with Crippen molar-refractivity contribution >= 4 is 27.6 Å². The number of halogens is 2. The third-order valence-corrected chi connectivity index (χ3v) is 3.98. The number of aryl methyl sites for hydroxylation is 1. The molecule has 0 aliphatic heterocycles. The highest BCUT2D eigenvalue weighted by atomic mass is 79.9. The molecule has 0 unspecified atom stereocenters. The van der Waals surface area contributed by atoms with E-state index in [0.717, 1.165) is 15.6 Å². The monoisotopic (exact) mass is 351 g/mol. The van der Waals surface area contributed by atoms with Gasteiger partial charge in [0, 0.05) is 11.0 Å². The summed E-state index contributed by atoms with van der Waals surface area (Å²) in [6, 6.07) is 10.0. The van der Waals surface area contributed by atoms with Crippen LogP contribution in [0, 0.1) is 12.7 Å². The predicted octanol–water partition coefficient (Wildman–Crippen LogP) is 4.30. The highest BCUT2D eigenvalue weighted by molar-refractivity contribution is 9.10. The lowest BCUT2D eigenvalue weighted by Crippen LogP contribution is -2.06. The molecule has 2 aromatic rings. The molecular formula is C16H15BrFNO2. The van der Waals surface area contributed by atoms with Crippen LogP contribution in [-0.2, 0) is 11.3 Å². The molecule has 0 fully saturated rings. The molecule has 2 aromatic carbocycles. The van der Waals surface area contributed by atoms with Crippen LogP contribution in [0.3, 0.4) is 0 Å². The molecule has 5 heteroatoms. The van der Waals surface area contributed by atoms with E-state index in [1.54, 1.807) is 0 Å². The summed E-state index contributed by atoms with van der Waals surface area (Å²) in [5.41, 5.74) is 2.73. The maximum Gasteiger partial charge on any atom is 0.337 e. The topological polar surface area (TPSA) is 38.3 Å². The maximum atomic E-state index is 13.8. The second-order valence-corrected chi connectivity index (χ2v) is 5.48. The van der Waals surface area contributed by atoms with Gasteiger partial charge in [-0.15, -0.1) is 0 Å². The number of nitrogens with one attached hydrogen (secondary N) is 1. The third-order valence-electron chi connectivity index (χ3n) is 3.09. The lowest BCUT2D eigenvalue weighted by Gasteiger charge is -2.10. The summed E-state index contributed by atoms with van der Waals surface area (Å²) in [5.74, 6) is -0.894. The van der Waals surface area contributed by atoms with E-state index in [1.807, 2.05) is 25.1 Å². The van der Waals surface area contributed by atoms with E-state index in [-0.39, 0.29) is 5.69 Å². The van der Waals surface area contributed by atoms with E-state index in [9.17, 15) is 9.18 Å². The Labute approximate surface area is 131 Å². The summed E-state index contributed by atoms with van der Waals surface area (Å²) >= 11 is 3.44. The minimum atomic E-state index is -0.488. The molecule has 0 saturated carbocycles. The SMILES string of the molecule is COC(=O)c1ccc(F)c(NCc2ccc(Br)c(C)c2)c1. The quantitative estimate of drug-likeness (QED) is 0.834. The van der Waals surface area contributed by atoms with Gasteiger partial charge in [-0.2, -0.15) is 0 Å². The molecule has 0 aromatic heterocycles. The van der Waals surface area contributed by atoms with Gasteiger partial charge < -0.3 is 10.1 Å². The summed E-state index contributed by atoms with van der Waals surface area (Å²) in [5, 5.41) is 3.00. The fraction of sp³-hybridized carbons (Fsp3) is 0.188. The fourth-order valence-electron chi connectivity index (χ4n) is 1.92. The number of benzene rings is 2. The first-order valence-corrected chi connectivity index (χ1v) is 7.17. The molecule has 0 heterocycles.